The third-order valence-electron chi connectivity index (χ3n) is 7.32. The van der Waals surface area contributed by atoms with Crippen molar-refractivity contribution in [3.05, 3.63) is 88.9 Å². The fraction of sp³-hybridized carbons (Fsp3) is 0.429. The van der Waals surface area contributed by atoms with E-state index in [2.05, 4.69) is 6.58 Å². The van der Waals surface area contributed by atoms with Gasteiger partial charge in [-0.15, -0.1) is 6.58 Å². The second kappa shape index (κ2) is 16.9. The van der Waals surface area contributed by atoms with Crippen molar-refractivity contribution >= 4 is 23.5 Å². The molecule has 0 heterocycles. The lowest BCUT2D eigenvalue weighted by atomic mass is 9.79. The highest BCUT2D eigenvalue weighted by molar-refractivity contribution is 6.25. The van der Waals surface area contributed by atoms with Crippen LogP contribution in [0.25, 0.3) is 0 Å². The summed E-state index contributed by atoms with van der Waals surface area (Å²) in [4.78, 5) is 28.6. The summed E-state index contributed by atoms with van der Waals surface area (Å²) in [6.45, 7) is 19.1. The number of nitrogens with zero attached hydrogens (tertiary/aromatic N) is 2. The minimum absolute atomic E-state index is 0.135. The van der Waals surface area contributed by atoms with Gasteiger partial charge >= 0.3 is 5.97 Å². The van der Waals surface area contributed by atoms with Gasteiger partial charge in [0.2, 0.25) is 0 Å². The summed E-state index contributed by atoms with van der Waals surface area (Å²) in [5, 5.41) is 9.34. The zero-order chi connectivity index (χ0) is 33.8. The molecule has 0 saturated carbocycles. The number of rotatable bonds is 14. The van der Waals surface area contributed by atoms with Crippen molar-refractivity contribution in [3.8, 4) is 17.2 Å². The molecule has 0 aliphatic rings. The molecule has 1 unspecified atom stereocenters. The third-order valence-corrected chi connectivity index (χ3v) is 7.45. The van der Waals surface area contributed by atoms with E-state index < -0.39 is 22.8 Å². The molecular formula is C35H48ClFN2O5. The van der Waals surface area contributed by atoms with Crippen molar-refractivity contribution in [1.29, 1.82) is 0 Å². The first-order valence-corrected chi connectivity index (χ1v) is 15.1. The zero-order valence-electron chi connectivity index (χ0n) is 27.8. The van der Waals surface area contributed by atoms with Gasteiger partial charge in [0.05, 0.1) is 0 Å². The van der Waals surface area contributed by atoms with Gasteiger partial charge in [-0.25, -0.2) is 9.18 Å². The molecule has 1 amide bonds. The molecule has 0 saturated heterocycles. The Morgan fingerprint density at radius 3 is 2.23 bits per heavy atom. The van der Waals surface area contributed by atoms with Gasteiger partial charge in [-0.2, -0.15) is 0 Å². The van der Waals surface area contributed by atoms with Gasteiger partial charge in [-0.05, 0) is 81.1 Å². The Bertz CT molecular complexity index is 1370. The van der Waals surface area contributed by atoms with Gasteiger partial charge in [0.1, 0.15) is 28.8 Å². The maximum Gasteiger partial charge on any atom is 0.347 e. The predicted octanol–water partition coefficient (Wildman–Crippen LogP) is 8.71. The normalized spacial score (nSPS) is 13.2. The Labute approximate surface area is 267 Å². The van der Waals surface area contributed by atoms with E-state index >= 15 is 0 Å². The van der Waals surface area contributed by atoms with Crippen molar-refractivity contribution < 1.29 is 28.6 Å². The highest BCUT2D eigenvalue weighted by Crippen LogP contribution is 2.36. The van der Waals surface area contributed by atoms with Gasteiger partial charge in [0, 0.05) is 44.2 Å². The van der Waals surface area contributed by atoms with Crippen LogP contribution in [-0.2, 0) is 16.1 Å². The van der Waals surface area contributed by atoms with E-state index in [1.807, 2.05) is 52.6 Å². The van der Waals surface area contributed by atoms with Crippen LogP contribution < -0.4 is 9.47 Å². The molecule has 0 aromatic heterocycles. The molecule has 0 radical (unpaired) electrons. The Hall–Kier alpha value is -3.78. The molecule has 1 atom stereocenters. The first-order valence-electron chi connectivity index (χ1n) is 14.7. The fourth-order valence-electron chi connectivity index (χ4n) is 4.36. The number of likely N-dealkylation sites (N-methyl/N-ethyl adjacent to an activating group) is 2. The number of allylic oxidation sites excluding steroid dienone is 2. The smallest absolute Gasteiger partial charge is 0.347 e. The van der Waals surface area contributed by atoms with Gasteiger partial charge in [-0.3, -0.25) is 4.79 Å². The van der Waals surface area contributed by atoms with E-state index in [9.17, 15) is 19.1 Å². The fourth-order valence-corrected chi connectivity index (χ4v) is 4.64. The number of carbonyl (C=O) groups is 2. The number of carboxylic acids is 1. The van der Waals surface area contributed by atoms with Crippen LogP contribution in [0.3, 0.4) is 0 Å². The quantitative estimate of drug-likeness (QED) is 0.166. The third kappa shape index (κ3) is 10.2. The summed E-state index contributed by atoms with van der Waals surface area (Å²) < 4.78 is 26.3. The van der Waals surface area contributed by atoms with Crippen molar-refractivity contribution in [2.24, 2.45) is 5.41 Å². The van der Waals surface area contributed by atoms with Gasteiger partial charge in [-0.1, -0.05) is 51.4 Å². The molecule has 2 rings (SSSR count). The highest BCUT2D eigenvalue weighted by Gasteiger charge is 2.31. The lowest BCUT2D eigenvalue weighted by Gasteiger charge is -2.33. The van der Waals surface area contributed by atoms with Crippen LogP contribution in [0, 0.1) is 18.2 Å². The van der Waals surface area contributed by atoms with Crippen LogP contribution in [0.4, 0.5) is 4.39 Å². The molecule has 0 spiro atoms. The summed E-state index contributed by atoms with van der Waals surface area (Å²) in [5.74, 6) is -0.740. The SMILES string of the molecule is C=CCN(C)/C(C(=O)N(C)Cc1cc(F)cc(Oc2ccc(OC(C)(C)C(=O)O)c(C)c2)c1)=C(/C)C(C)(/C=C/Cl)CC.CC. The summed E-state index contributed by atoms with van der Waals surface area (Å²) in [6, 6.07) is 9.22. The van der Waals surface area contributed by atoms with Crippen LogP contribution in [0.1, 0.15) is 66.0 Å². The van der Waals surface area contributed by atoms with Crippen molar-refractivity contribution in [1.82, 2.24) is 9.80 Å². The lowest BCUT2D eigenvalue weighted by molar-refractivity contribution is -0.152. The second-order valence-corrected chi connectivity index (χ2v) is 11.4. The van der Waals surface area contributed by atoms with E-state index in [4.69, 9.17) is 21.1 Å². The number of halogens is 2. The van der Waals surface area contributed by atoms with E-state index in [0.717, 1.165) is 12.0 Å². The van der Waals surface area contributed by atoms with Crippen LogP contribution in [0.5, 0.6) is 17.2 Å². The number of hydrogen-bond acceptors (Lipinski definition) is 5. The zero-order valence-corrected chi connectivity index (χ0v) is 28.5. The number of amides is 1. The molecule has 44 heavy (non-hydrogen) atoms. The number of aliphatic carboxylic acids is 1. The molecule has 0 aliphatic carbocycles. The van der Waals surface area contributed by atoms with Gasteiger partial charge < -0.3 is 24.4 Å². The minimum Gasteiger partial charge on any atom is -0.478 e. The number of carbonyl (C=O) groups excluding carboxylic acids is 1. The monoisotopic (exact) mass is 630 g/mol. The summed E-state index contributed by atoms with van der Waals surface area (Å²) in [7, 11) is 3.51. The second-order valence-electron chi connectivity index (χ2n) is 11.1. The van der Waals surface area contributed by atoms with Crippen molar-refractivity contribution in [2.75, 3.05) is 20.6 Å². The number of carboxylic acid groups (broad SMARTS) is 1. The summed E-state index contributed by atoms with van der Waals surface area (Å²) >= 11 is 5.94. The number of hydrogen-bond donors (Lipinski definition) is 1. The molecule has 0 fully saturated rings. The van der Waals surface area contributed by atoms with E-state index in [0.29, 0.717) is 34.9 Å². The Morgan fingerprint density at radius 1 is 1.07 bits per heavy atom. The topological polar surface area (TPSA) is 79.3 Å². The standard InChI is InChI=1S/C33H42ClFN2O5.C2H6/c1-10-16-36(8)29(23(4)33(7,11-2)14-15-34)30(38)37(9)21-24-18-25(35)20-27(19-24)41-26-12-13-28(22(3)17-26)42-32(5,6)31(39)40;1-2/h10,12-15,17-20H,1,11,16,21H2,2-9H3,(H,39,40);1-2H3/b15-14+,29-23-;. The predicted molar refractivity (Wildman–Crippen MR) is 177 cm³/mol. The van der Waals surface area contributed by atoms with E-state index in [1.165, 1.54) is 36.4 Å². The number of ether oxygens (including phenoxy) is 2. The molecule has 2 aromatic rings. The van der Waals surface area contributed by atoms with Crippen LogP contribution in [0.2, 0.25) is 0 Å². The molecule has 1 N–H and O–H groups in total. The van der Waals surface area contributed by atoms with E-state index in [1.54, 1.807) is 44.3 Å². The number of benzene rings is 2. The molecule has 7 nitrogen and oxygen atoms in total. The van der Waals surface area contributed by atoms with Crippen LogP contribution in [-0.4, -0.2) is 53.0 Å². The molecule has 0 aliphatic heterocycles. The van der Waals surface area contributed by atoms with Crippen molar-refractivity contribution in [2.45, 2.75) is 74.0 Å². The minimum atomic E-state index is -1.40. The van der Waals surface area contributed by atoms with Crippen molar-refractivity contribution in [3.63, 3.8) is 0 Å². The largest absolute Gasteiger partial charge is 0.478 e. The Balaban J connectivity index is 0.00000474. The summed E-state index contributed by atoms with van der Waals surface area (Å²) in [5.41, 5.74) is 2.21. The van der Waals surface area contributed by atoms with Crippen LogP contribution >= 0.6 is 11.6 Å². The molecular weight excluding hydrogens is 583 g/mol. The Kier molecular flexibility index (Phi) is 14.7. The van der Waals surface area contributed by atoms with Gasteiger partial charge in [0.15, 0.2) is 5.60 Å². The van der Waals surface area contributed by atoms with Crippen LogP contribution in [0.15, 0.2) is 71.9 Å². The first-order chi connectivity index (χ1) is 20.6. The highest BCUT2D eigenvalue weighted by atomic mass is 35.5. The maximum atomic E-state index is 14.7. The summed E-state index contributed by atoms with van der Waals surface area (Å²) in [6.07, 6.45) is 4.34. The Morgan fingerprint density at radius 2 is 1.70 bits per heavy atom. The average molecular weight is 631 g/mol. The van der Waals surface area contributed by atoms with E-state index in [-0.39, 0.29) is 18.2 Å². The lowest BCUT2D eigenvalue weighted by Crippen LogP contribution is -2.38. The molecule has 9 heteroatoms. The van der Waals surface area contributed by atoms with Gasteiger partial charge in [0.25, 0.3) is 5.91 Å². The first kappa shape index (κ1) is 38.2. The maximum absolute atomic E-state index is 14.7. The molecule has 2 aromatic carbocycles. The molecule has 242 valence electrons. The molecule has 0 bridgehead atoms. The average Bonchev–Trinajstić information content (AvgIpc) is 2.95. The number of aryl methyl sites for hydroxylation is 1.